The van der Waals surface area contributed by atoms with Crippen molar-refractivity contribution < 1.29 is 23.9 Å². The summed E-state index contributed by atoms with van der Waals surface area (Å²) in [5, 5.41) is 5.33. The minimum absolute atomic E-state index is 0.0590. The number of carbonyl (C=O) groups excluding carboxylic acids is 3. The van der Waals surface area contributed by atoms with Gasteiger partial charge in [-0.05, 0) is 102 Å². The van der Waals surface area contributed by atoms with Crippen molar-refractivity contribution in [3.63, 3.8) is 0 Å². The van der Waals surface area contributed by atoms with E-state index in [1.54, 1.807) is 4.90 Å². The van der Waals surface area contributed by atoms with Gasteiger partial charge in [0.15, 0.2) is 0 Å². The second-order valence-corrected chi connectivity index (χ2v) is 17.2. The number of H-pyrrole nitrogens is 2. The number of nitrogens with zero attached hydrogens (tertiary/aromatic N) is 4. The Kier molecular flexibility index (Phi) is 9.41. The fourth-order valence-corrected chi connectivity index (χ4v) is 10.00. The summed E-state index contributed by atoms with van der Waals surface area (Å²) in [4.78, 5) is 73.0. The number of methoxy groups -OCH3 is 1. The Morgan fingerprint density at radius 2 is 1.58 bits per heavy atom. The van der Waals surface area contributed by atoms with Crippen molar-refractivity contribution in [1.29, 1.82) is 0 Å². The van der Waals surface area contributed by atoms with E-state index >= 15 is 0 Å². The van der Waals surface area contributed by atoms with Gasteiger partial charge in [0.1, 0.15) is 24.3 Å². The second kappa shape index (κ2) is 15.0. The van der Waals surface area contributed by atoms with E-state index in [1.165, 1.54) is 7.11 Å². The molecule has 2 saturated carbocycles. The first-order valence-electron chi connectivity index (χ1n) is 20.9. The summed E-state index contributed by atoms with van der Waals surface area (Å²) < 4.78 is 10.6. The molecular formula is C47H47N7O6. The van der Waals surface area contributed by atoms with Gasteiger partial charge in [-0.1, -0.05) is 74.5 Å². The lowest BCUT2D eigenvalue weighted by atomic mass is 9.97. The molecule has 0 radical (unpaired) electrons. The first-order chi connectivity index (χ1) is 29.1. The third-order valence-corrected chi connectivity index (χ3v) is 13.2. The number of imidazole rings is 1. The molecule has 306 valence electrons. The van der Waals surface area contributed by atoms with Crippen molar-refractivity contribution in [2.75, 3.05) is 7.11 Å². The predicted octanol–water partition coefficient (Wildman–Crippen LogP) is 8.04. The van der Waals surface area contributed by atoms with Crippen molar-refractivity contribution in [3.8, 4) is 22.4 Å². The van der Waals surface area contributed by atoms with Crippen molar-refractivity contribution in [2.24, 2.45) is 17.8 Å². The number of aromatic nitrogens is 4. The number of likely N-dealkylation sites (tertiary alicyclic amines) is 2. The molecule has 0 unspecified atom stereocenters. The Morgan fingerprint density at radius 1 is 0.833 bits per heavy atom. The molecule has 13 nitrogen and oxygen atoms in total. The second-order valence-electron chi connectivity index (χ2n) is 17.2. The molecule has 2 saturated heterocycles. The van der Waals surface area contributed by atoms with Gasteiger partial charge in [0.25, 0.3) is 5.56 Å². The molecule has 60 heavy (non-hydrogen) atoms. The minimum Gasteiger partial charge on any atom is -0.453 e. The lowest BCUT2D eigenvalue weighted by Gasteiger charge is -2.33. The van der Waals surface area contributed by atoms with Crippen molar-refractivity contribution in [3.05, 3.63) is 119 Å². The molecule has 3 amide bonds. The maximum atomic E-state index is 13.9. The fraction of sp³-hybridized carbons (Fsp3) is 0.362. The quantitative estimate of drug-likeness (QED) is 0.132. The van der Waals surface area contributed by atoms with E-state index in [4.69, 9.17) is 19.4 Å². The molecule has 2 bridgehead atoms. The van der Waals surface area contributed by atoms with Gasteiger partial charge in [-0.15, -0.1) is 0 Å². The highest BCUT2D eigenvalue weighted by molar-refractivity contribution is 5.92. The van der Waals surface area contributed by atoms with Crippen LogP contribution in [0.15, 0.2) is 95.9 Å². The standard InChI is InChI=1S/C47H47N7O6/c1-25(2)40(51-46(57)59-3)45(56)54-38-21-33(38)22-39(54)42-48-23-37(50-42)31-12-11-27-17-28(9-10-29(27)18-31)30-14-16-35-36(20-30)49-43(52-44(35)55)41-32-13-15-34(19-32)53(41)47(58)60-24-26-7-5-4-6-8-26/h4-12,14,16-18,20,23,25,32-34,38-41H,13,15,19,21-22,24H2,1-3H3,(H,48,50)(H,51,57)(H,49,52,55)/t32-,33+,34+,38+,39-,40-,41-/m0/s1. The van der Waals surface area contributed by atoms with Crippen LogP contribution in [-0.4, -0.2) is 73.1 Å². The van der Waals surface area contributed by atoms with Crippen LogP contribution in [0.5, 0.6) is 0 Å². The van der Waals surface area contributed by atoms with Gasteiger partial charge in [-0.25, -0.2) is 19.6 Å². The van der Waals surface area contributed by atoms with E-state index in [1.807, 2.05) is 73.5 Å². The number of nitrogens with one attached hydrogen (secondary N) is 3. The van der Waals surface area contributed by atoms with Crippen molar-refractivity contribution in [2.45, 2.75) is 82.8 Å². The van der Waals surface area contributed by atoms with Crippen LogP contribution in [0, 0.1) is 17.8 Å². The van der Waals surface area contributed by atoms with Crippen LogP contribution in [0.3, 0.4) is 0 Å². The molecule has 2 aliphatic heterocycles. The molecule has 4 aromatic carbocycles. The molecule has 0 spiro atoms. The highest BCUT2D eigenvalue weighted by atomic mass is 16.6. The lowest BCUT2D eigenvalue weighted by molar-refractivity contribution is -0.136. The summed E-state index contributed by atoms with van der Waals surface area (Å²) in [7, 11) is 1.30. The fourth-order valence-electron chi connectivity index (χ4n) is 10.00. The Bertz CT molecular complexity index is 2710. The average molecular weight is 806 g/mol. The number of carbonyl (C=O) groups is 3. The van der Waals surface area contributed by atoms with E-state index in [0.29, 0.717) is 22.6 Å². The first-order valence-corrected chi connectivity index (χ1v) is 20.9. The number of amides is 3. The van der Waals surface area contributed by atoms with E-state index in [0.717, 1.165) is 76.6 Å². The molecular weight excluding hydrogens is 759 g/mol. The maximum absolute atomic E-state index is 13.9. The first kappa shape index (κ1) is 37.7. The van der Waals surface area contributed by atoms with Crippen LogP contribution >= 0.6 is 0 Å². The van der Waals surface area contributed by atoms with E-state index in [2.05, 4.69) is 51.7 Å². The number of benzene rings is 4. The zero-order valence-electron chi connectivity index (χ0n) is 33.8. The van der Waals surface area contributed by atoms with Gasteiger partial charge in [-0.3, -0.25) is 14.5 Å². The summed E-state index contributed by atoms with van der Waals surface area (Å²) >= 11 is 0. The van der Waals surface area contributed by atoms with Gasteiger partial charge in [0.05, 0.1) is 42.0 Å². The molecule has 2 aromatic heterocycles. The van der Waals surface area contributed by atoms with Crippen LogP contribution in [-0.2, 0) is 20.9 Å². The molecule has 4 fully saturated rings. The third kappa shape index (κ3) is 6.75. The summed E-state index contributed by atoms with van der Waals surface area (Å²) in [6.07, 6.45) is 5.37. The number of hydrogen-bond donors (Lipinski definition) is 3. The highest BCUT2D eigenvalue weighted by Gasteiger charge is 2.56. The highest BCUT2D eigenvalue weighted by Crippen LogP contribution is 2.54. The number of fused-ring (bicyclic) bond motifs is 5. The third-order valence-electron chi connectivity index (χ3n) is 13.2. The van der Waals surface area contributed by atoms with Crippen LogP contribution in [0.2, 0.25) is 0 Å². The molecule has 2 aliphatic carbocycles. The number of aromatic amines is 2. The van der Waals surface area contributed by atoms with Crippen LogP contribution in [0.1, 0.15) is 75.2 Å². The largest absolute Gasteiger partial charge is 0.453 e. The Hall–Kier alpha value is -6.50. The predicted molar refractivity (Wildman–Crippen MR) is 225 cm³/mol. The molecule has 4 aliphatic rings. The SMILES string of the molecule is COC(=O)N[C@H](C(=O)N1[C@@H]2C[C@@H]2C[C@H]1c1ncc(-c2ccc3cc(-c4ccc5c(=O)[nH]c([C@@H]6[C@H]7CC[C@H](C7)N6C(=O)OCc6ccccc6)nc5c4)ccc3c2)[nH]1)C(C)C. The van der Waals surface area contributed by atoms with Gasteiger partial charge >= 0.3 is 12.2 Å². The average Bonchev–Trinajstić information content (AvgIpc) is 3.72. The number of alkyl carbamates (subject to hydrolysis) is 1. The molecule has 3 N–H and O–H groups in total. The minimum atomic E-state index is -0.689. The van der Waals surface area contributed by atoms with Gasteiger partial charge in [0, 0.05) is 17.6 Å². The van der Waals surface area contributed by atoms with Gasteiger partial charge < -0.3 is 29.7 Å². The van der Waals surface area contributed by atoms with Crippen LogP contribution in [0.25, 0.3) is 44.1 Å². The van der Waals surface area contributed by atoms with Crippen molar-refractivity contribution in [1.82, 2.24) is 35.1 Å². The van der Waals surface area contributed by atoms with E-state index < -0.39 is 12.1 Å². The maximum Gasteiger partial charge on any atom is 0.410 e. The summed E-state index contributed by atoms with van der Waals surface area (Å²) in [5.41, 5.74) is 5.02. The van der Waals surface area contributed by atoms with E-state index in [-0.39, 0.29) is 60.2 Å². The molecule has 4 heterocycles. The van der Waals surface area contributed by atoms with Gasteiger partial charge in [0.2, 0.25) is 5.91 Å². The Labute approximate surface area is 346 Å². The molecule has 13 heteroatoms. The topological polar surface area (TPSA) is 163 Å². The number of hydrogen-bond acceptors (Lipinski definition) is 8. The van der Waals surface area contributed by atoms with Crippen LogP contribution < -0.4 is 10.9 Å². The number of piperidine rings is 2. The molecule has 6 aromatic rings. The monoisotopic (exact) mass is 805 g/mol. The lowest BCUT2D eigenvalue weighted by Crippen LogP contribution is -2.52. The van der Waals surface area contributed by atoms with E-state index in [9.17, 15) is 19.2 Å². The summed E-state index contributed by atoms with van der Waals surface area (Å²) in [6.45, 7) is 4.02. The molecule has 7 atom stereocenters. The van der Waals surface area contributed by atoms with Crippen molar-refractivity contribution >= 4 is 39.8 Å². The zero-order chi connectivity index (χ0) is 41.2. The summed E-state index contributed by atoms with van der Waals surface area (Å²) in [5.74, 6) is 1.66. The van der Waals surface area contributed by atoms with Gasteiger partial charge in [-0.2, -0.15) is 0 Å². The number of ether oxygens (including phenoxy) is 2. The smallest absolute Gasteiger partial charge is 0.410 e. The number of rotatable bonds is 9. The summed E-state index contributed by atoms with van der Waals surface area (Å²) in [6, 6.07) is 26.9. The zero-order valence-corrected chi connectivity index (χ0v) is 33.8. The Balaban J connectivity index is 0.883. The molecule has 10 rings (SSSR count). The normalized spacial score (nSPS) is 23.3. The Morgan fingerprint density at radius 3 is 2.37 bits per heavy atom. The van der Waals surface area contributed by atoms with Crippen LogP contribution in [0.4, 0.5) is 9.59 Å².